The van der Waals surface area contributed by atoms with Crippen molar-refractivity contribution in [2.75, 3.05) is 13.1 Å². The van der Waals surface area contributed by atoms with Crippen LogP contribution in [0, 0.1) is 5.92 Å². The second kappa shape index (κ2) is 7.13. The van der Waals surface area contributed by atoms with Gasteiger partial charge in [-0.25, -0.2) is 0 Å². The van der Waals surface area contributed by atoms with Gasteiger partial charge in [0.05, 0.1) is 0 Å². The first-order chi connectivity index (χ1) is 9.94. The van der Waals surface area contributed by atoms with Gasteiger partial charge >= 0.3 is 0 Å². The summed E-state index contributed by atoms with van der Waals surface area (Å²) in [6.45, 7) is 8.77. The highest BCUT2D eigenvalue weighted by atomic mass is 35.5. The molecule has 1 aliphatic carbocycles. The van der Waals surface area contributed by atoms with E-state index in [9.17, 15) is 0 Å². The summed E-state index contributed by atoms with van der Waals surface area (Å²) < 4.78 is 0. The first-order valence-electron chi connectivity index (χ1n) is 8.16. The molecule has 1 fully saturated rings. The highest BCUT2D eigenvalue weighted by Gasteiger charge is 2.40. The van der Waals surface area contributed by atoms with Crippen LogP contribution in [-0.4, -0.2) is 29.6 Å². The Labute approximate surface area is 134 Å². The highest BCUT2D eigenvalue weighted by Crippen LogP contribution is 2.35. The van der Waals surface area contributed by atoms with Crippen LogP contribution in [0.15, 0.2) is 24.3 Å². The third kappa shape index (κ3) is 4.70. The van der Waals surface area contributed by atoms with Gasteiger partial charge in [-0.3, -0.25) is 4.90 Å². The van der Waals surface area contributed by atoms with Gasteiger partial charge in [0.1, 0.15) is 0 Å². The summed E-state index contributed by atoms with van der Waals surface area (Å²) in [6, 6.07) is 8.95. The van der Waals surface area contributed by atoms with Crippen molar-refractivity contribution >= 4 is 11.6 Å². The molecule has 0 amide bonds. The molecule has 1 atom stereocenters. The Morgan fingerprint density at radius 1 is 1.29 bits per heavy atom. The molecule has 3 heteroatoms. The molecule has 0 bridgehead atoms. The van der Waals surface area contributed by atoms with Gasteiger partial charge in [-0.15, -0.1) is 0 Å². The van der Waals surface area contributed by atoms with E-state index < -0.39 is 0 Å². The predicted octanol–water partition coefficient (Wildman–Crippen LogP) is 4.11. The van der Waals surface area contributed by atoms with Gasteiger partial charge in [-0.2, -0.15) is 0 Å². The summed E-state index contributed by atoms with van der Waals surface area (Å²) in [4.78, 5) is 2.67. The van der Waals surface area contributed by atoms with E-state index in [0.717, 1.165) is 29.9 Å². The number of benzene rings is 1. The van der Waals surface area contributed by atoms with Crippen molar-refractivity contribution in [3.63, 3.8) is 0 Å². The van der Waals surface area contributed by atoms with Crippen LogP contribution in [0.2, 0.25) is 5.02 Å². The zero-order chi connectivity index (χ0) is 15.5. The Hall–Kier alpha value is -0.570. The smallest absolute Gasteiger partial charge is 0.0406 e. The molecule has 0 aliphatic heterocycles. The van der Waals surface area contributed by atoms with E-state index in [0.29, 0.717) is 6.54 Å². The van der Waals surface area contributed by atoms with Crippen LogP contribution in [-0.2, 0) is 6.42 Å². The maximum atomic E-state index is 6.19. The van der Waals surface area contributed by atoms with Crippen molar-refractivity contribution in [2.45, 2.75) is 58.0 Å². The standard InChI is InChI=1S/C18H29ClN2/c1-14(2)10-11-21(17-8-9-17)18(3,13-20)12-15-4-6-16(19)7-5-15/h4-7,14,17H,8-13,20H2,1-3H3. The van der Waals surface area contributed by atoms with Crippen molar-refractivity contribution in [2.24, 2.45) is 11.7 Å². The molecule has 118 valence electrons. The third-order valence-corrected chi connectivity index (χ3v) is 4.82. The molecule has 1 saturated carbocycles. The monoisotopic (exact) mass is 308 g/mol. The van der Waals surface area contributed by atoms with Crippen LogP contribution in [0.5, 0.6) is 0 Å². The Morgan fingerprint density at radius 3 is 2.38 bits per heavy atom. The molecule has 0 radical (unpaired) electrons. The molecule has 1 aliphatic rings. The minimum absolute atomic E-state index is 0.0455. The van der Waals surface area contributed by atoms with E-state index in [4.69, 9.17) is 17.3 Å². The van der Waals surface area contributed by atoms with Crippen LogP contribution in [0.4, 0.5) is 0 Å². The number of halogens is 1. The molecular formula is C18H29ClN2. The Bertz CT molecular complexity index is 439. The van der Waals surface area contributed by atoms with Crippen LogP contribution >= 0.6 is 11.6 Å². The van der Waals surface area contributed by atoms with Crippen molar-refractivity contribution in [3.05, 3.63) is 34.9 Å². The molecule has 1 aromatic carbocycles. The lowest BCUT2D eigenvalue weighted by atomic mass is 9.90. The van der Waals surface area contributed by atoms with E-state index in [1.165, 1.54) is 24.8 Å². The predicted molar refractivity (Wildman–Crippen MR) is 91.8 cm³/mol. The number of nitrogens with two attached hydrogens (primary N) is 1. The van der Waals surface area contributed by atoms with Crippen molar-refractivity contribution < 1.29 is 0 Å². The first-order valence-corrected chi connectivity index (χ1v) is 8.53. The van der Waals surface area contributed by atoms with E-state index in [-0.39, 0.29) is 5.54 Å². The maximum absolute atomic E-state index is 6.19. The molecule has 2 N–H and O–H groups in total. The Morgan fingerprint density at radius 2 is 1.90 bits per heavy atom. The van der Waals surface area contributed by atoms with Crippen LogP contribution in [0.1, 0.15) is 45.6 Å². The molecular weight excluding hydrogens is 280 g/mol. The summed E-state index contributed by atoms with van der Waals surface area (Å²) in [5.41, 5.74) is 7.56. The fourth-order valence-electron chi connectivity index (χ4n) is 3.01. The van der Waals surface area contributed by atoms with Crippen molar-refractivity contribution in [1.82, 2.24) is 4.90 Å². The fraction of sp³-hybridized carbons (Fsp3) is 0.667. The van der Waals surface area contributed by atoms with Crippen LogP contribution < -0.4 is 5.73 Å². The van der Waals surface area contributed by atoms with Gasteiger partial charge in [-0.1, -0.05) is 37.6 Å². The van der Waals surface area contributed by atoms with Gasteiger partial charge in [-0.05, 0) is 62.8 Å². The molecule has 2 rings (SSSR count). The fourth-order valence-corrected chi connectivity index (χ4v) is 3.14. The van der Waals surface area contributed by atoms with Gasteiger partial charge in [0.25, 0.3) is 0 Å². The Balaban J connectivity index is 2.10. The van der Waals surface area contributed by atoms with Crippen molar-refractivity contribution in [3.8, 4) is 0 Å². The second-order valence-electron chi connectivity index (χ2n) is 7.11. The number of hydrogen-bond donors (Lipinski definition) is 1. The van der Waals surface area contributed by atoms with Gasteiger partial charge in [0.15, 0.2) is 0 Å². The highest BCUT2D eigenvalue weighted by molar-refractivity contribution is 6.30. The van der Waals surface area contributed by atoms with E-state index in [2.05, 4.69) is 37.8 Å². The minimum atomic E-state index is 0.0455. The molecule has 2 nitrogen and oxygen atoms in total. The molecule has 21 heavy (non-hydrogen) atoms. The molecule has 1 unspecified atom stereocenters. The van der Waals surface area contributed by atoms with E-state index in [1.54, 1.807) is 0 Å². The topological polar surface area (TPSA) is 29.3 Å². The number of nitrogens with zero attached hydrogens (tertiary/aromatic N) is 1. The summed E-state index contributed by atoms with van der Waals surface area (Å²) in [5.74, 6) is 0.740. The van der Waals surface area contributed by atoms with Crippen LogP contribution in [0.25, 0.3) is 0 Å². The zero-order valence-corrected chi connectivity index (χ0v) is 14.4. The lowest BCUT2D eigenvalue weighted by Gasteiger charge is -2.42. The van der Waals surface area contributed by atoms with Crippen molar-refractivity contribution in [1.29, 1.82) is 0 Å². The van der Waals surface area contributed by atoms with E-state index in [1.807, 2.05) is 12.1 Å². The summed E-state index contributed by atoms with van der Waals surface area (Å²) in [7, 11) is 0. The molecule has 0 aromatic heterocycles. The minimum Gasteiger partial charge on any atom is -0.329 e. The SMILES string of the molecule is CC(C)CCN(C1CC1)C(C)(CN)Cc1ccc(Cl)cc1. The normalized spacial score (nSPS) is 18.2. The largest absolute Gasteiger partial charge is 0.329 e. The van der Waals surface area contributed by atoms with Gasteiger partial charge < -0.3 is 5.73 Å². The maximum Gasteiger partial charge on any atom is 0.0406 e. The second-order valence-corrected chi connectivity index (χ2v) is 7.55. The average Bonchev–Trinajstić information content (AvgIpc) is 3.26. The molecule has 0 saturated heterocycles. The Kier molecular flexibility index (Phi) is 5.70. The summed E-state index contributed by atoms with van der Waals surface area (Å²) >= 11 is 5.99. The summed E-state index contributed by atoms with van der Waals surface area (Å²) in [5, 5.41) is 0.798. The van der Waals surface area contributed by atoms with E-state index >= 15 is 0 Å². The quantitative estimate of drug-likeness (QED) is 0.783. The first kappa shape index (κ1) is 16.8. The summed E-state index contributed by atoms with van der Waals surface area (Å²) in [6.07, 6.45) is 4.89. The van der Waals surface area contributed by atoms with Crippen LogP contribution in [0.3, 0.4) is 0 Å². The van der Waals surface area contributed by atoms with Gasteiger partial charge in [0, 0.05) is 23.1 Å². The molecule has 0 spiro atoms. The average molecular weight is 309 g/mol. The number of hydrogen-bond acceptors (Lipinski definition) is 2. The zero-order valence-electron chi connectivity index (χ0n) is 13.6. The molecule has 0 heterocycles. The third-order valence-electron chi connectivity index (χ3n) is 4.57. The lowest BCUT2D eigenvalue weighted by molar-refractivity contribution is 0.0944. The molecule has 1 aromatic rings. The van der Waals surface area contributed by atoms with Gasteiger partial charge in [0.2, 0.25) is 0 Å². The lowest BCUT2D eigenvalue weighted by Crippen LogP contribution is -2.54. The number of rotatable bonds is 8.